The van der Waals surface area contributed by atoms with Crippen molar-refractivity contribution in [3.63, 3.8) is 0 Å². The SMILES string of the molecule is CC(C)(C)c1c(OC#N)ccc(-c2ccc(-c3ccccc3)cc2)c1OC#N. The predicted molar refractivity (Wildman–Crippen MR) is 108 cm³/mol. The van der Waals surface area contributed by atoms with Crippen LogP contribution in [0.4, 0.5) is 0 Å². The van der Waals surface area contributed by atoms with Crippen molar-refractivity contribution in [2.45, 2.75) is 26.2 Å². The summed E-state index contributed by atoms with van der Waals surface area (Å²) >= 11 is 0. The summed E-state index contributed by atoms with van der Waals surface area (Å²) in [6.07, 6.45) is 3.49. The molecule has 0 fully saturated rings. The summed E-state index contributed by atoms with van der Waals surface area (Å²) in [4.78, 5) is 0. The molecule has 0 radical (unpaired) electrons. The first kappa shape index (κ1) is 19.0. The van der Waals surface area contributed by atoms with Crippen LogP contribution in [-0.2, 0) is 5.41 Å². The molecule has 0 unspecified atom stereocenters. The van der Waals surface area contributed by atoms with Gasteiger partial charge in [0.1, 0.15) is 5.75 Å². The molecule has 0 saturated heterocycles. The van der Waals surface area contributed by atoms with Gasteiger partial charge < -0.3 is 9.47 Å². The number of hydrogen-bond acceptors (Lipinski definition) is 4. The van der Waals surface area contributed by atoms with Gasteiger partial charge in [0.15, 0.2) is 5.75 Å². The van der Waals surface area contributed by atoms with E-state index in [1.807, 2.05) is 69.3 Å². The highest BCUT2D eigenvalue weighted by Crippen LogP contribution is 2.45. The zero-order valence-electron chi connectivity index (χ0n) is 16.1. The number of nitrogens with zero attached hydrogens (tertiary/aromatic N) is 2. The minimum Gasteiger partial charge on any atom is -0.388 e. The second-order valence-electron chi connectivity index (χ2n) is 7.40. The third-order valence-corrected chi connectivity index (χ3v) is 4.48. The minimum atomic E-state index is -0.391. The number of nitriles is 2. The monoisotopic (exact) mass is 368 g/mol. The maximum Gasteiger partial charge on any atom is 0.292 e. The highest BCUT2D eigenvalue weighted by molar-refractivity contribution is 5.77. The number of ether oxygens (including phenoxy) is 2. The second kappa shape index (κ2) is 7.86. The Bertz CT molecular complexity index is 1050. The zero-order valence-corrected chi connectivity index (χ0v) is 16.1. The average Bonchev–Trinajstić information content (AvgIpc) is 2.69. The molecule has 3 aromatic carbocycles. The van der Waals surface area contributed by atoms with Crippen molar-refractivity contribution in [3.8, 4) is 46.3 Å². The molecule has 0 spiro atoms. The van der Waals surface area contributed by atoms with E-state index in [-0.39, 0.29) is 0 Å². The summed E-state index contributed by atoms with van der Waals surface area (Å²) < 4.78 is 10.5. The van der Waals surface area contributed by atoms with Crippen LogP contribution in [0.5, 0.6) is 11.5 Å². The smallest absolute Gasteiger partial charge is 0.292 e. The third kappa shape index (κ3) is 3.82. The van der Waals surface area contributed by atoms with Gasteiger partial charge in [0.25, 0.3) is 12.5 Å². The van der Waals surface area contributed by atoms with Gasteiger partial charge in [-0.05, 0) is 34.2 Å². The van der Waals surface area contributed by atoms with Crippen LogP contribution in [-0.4, -0.2) is 0 Å². The van der Waals surface area contributed by atoms with Crippen molar-refractivity contribution >= 4 is 0 Å². The van der Waals surface area contributed by atoms with Crippen LogP contribution in [0.15, 0.2) is 66.7 Å². The van der Waals surface area contributed by atoms with E-state index in [2.05, 4.69) is 12.1 Å². The van der Waals surface area contributed by atoms with Crippen LogP contribution in [0.25, 0.3) is 22.3 Å². The Hall–Kier alpha value is -3.76. The molecule has 0 aliphatic rings. The molecule has 4 heteroatoms. The lowest BCUT2D eigenvalue weighted by Gasteiger charge is -2.25. The molecule has 0 heterocycles. The second-order valence-corrected chi connectivity index (χ2v) is 7.40. The van der Waals surface area contributed by atoms with E-state index in [1.165, 1.54) is 0 Å². The fourth-order valence-corrected chi connectivity index (χ4v) is 3.26. The Kier molecular flexibility index (Phi) is 5.34. The third-order valence-electron chi connectivity index (χ3n) is 4.48. The molecule has 0 aromatic heterocycles. The van der Waals surface area contributed by atoms with Crippen molar-refractivity contribution in [1.82, 2.24) is 0 Å². The average molecular weight is 368 g/mol. The summed E-state index contributed by atoms with van der Waals surface area (Å²) in [6.45, 7) is 5.96. The van der Waals surface area contributed by atoms with E-state index in [1.54, 1.807) is 18.6 Å². The van der Waals surface area contributed by atoms with Gasteiger partial charge in [-0.1, -0.05) is 75.4 Å². The van der Waals surface area contributed by atoms with Crippen molar-refractivity contribution < 1.29 is 9.47 Å². The van der Waals surface area contributed by atoms with Gasteiger partial charge in [0.05, 0.1) is 0 Å². The molecule has 0 bridgehead atoms. The Morgan fingerprint density at radius 2 is 1.25 bits per heavy atom. The molecule has 0 N–H and O–H groups in total. The highest BCUT2D eigenvalue weighted by atomic mass is 16.5. The molecule has 3 rings (SSSR count). The van der Waals surface area contributed by atoms with Crippen LogP contribution in [0, 0.1) is 23.0 Å². The molecule has 0 aliphatic heterocycles. The van der Waals surface area contributed by atoms with E-state index < -0.39 is 5.41 Å². The van der Waals surface area contributed by atoms with E-state index in [0.29, 0.717) is 17.1 Å². The lowest BCUT2D eigenvalue weighted by atomic mass is 9.83. The van der Waals surface area contributed by atoms with Crippen molar-refractivity contribution in [3.05, 3.63) is 72.3 Å². The van der Waals surface area contributed by atoms with Crippen LogP contribution in [0.1, 0.15) is 26.3 Å². The molecule has 0 amide bonds. The topological polar surface area (TPSA) is 66.0 Å². The Balaban J connectivity index is 2.14. The van der Waals surface area contributed by atoms with Crippen molar-refractivity contribution in [1.29, 1.82) is 10.5 Å². The summed E-state index contributed by atoms with van der Waals surface area (Å²) in [5.74, 6) is 0.806. The van der Waals surface area contributed by atoms with Gasteiger partial charge in [-0.3, -0.25) is 0 Å². The maximum atomic E-state index is 9.22. The molecule has 3 aromatic rings. The van der Waals surface area contributed by atoms with Crippen LogP contribution < -0.4 is 9.47 Å². The molecular formula is C24H20N2O2. The van der Waals surface area contributed by atoms with Gasteiger partial charge in [0.2, 0.25) is 0 Å². The lowest BCUT2D eigenvalue weighted by Crippen LogP contribution is -2.15. The van der Waals surface area contributed by atoms with E-state index in [4.69, 9.17) is 14.7 Å². The quantitative estimate of drug-likeness (QED) is 0.527. The largest absolute Gasteiger partial charge is 0.388 e. The number of hydrogen-bond donors (Lipinski definition) is 0. The molecule has 138 valence electrons. The van der Waals surface area contributed by atoms with Crippen LogP contribution >= 0.6 is 0 Å². The van der Waals surface area contributed by atoms with Gasteiger partial charge >= 0.3 is 0 Å². The molecule has 0 aliphatic carbocycles. The fourth-order valence-electron chi connectivity index (χ4n) is 3.26. The van der Waals surface area contributed by atoms with Crippen molar-refractivity contribution in [2.75, 3.05) is 0 Å². The van der Waals surface area contributed by atoms with Gasteiger partial charge in [-0.2, -0.15) is 0 Å². The summed E-state index contributed by atoms with van der Waals surface area (Å²) in [7, 11) is 0. The van der Waals surface area contributed by atoms with E-state index in [9.17, 15) is 5.26 Å². The predicted octanol–water partition coefficient (Wildman–Crippen LogP) is 6.04. The highest BCUT2D eigenvalue weighted by Gasteiger charge is 2.28. The molecule has 28 heavy (non-hydrogen) atoms. The van der Waals surface area contributed by atoms with Gasteiger partial charge in [-0.15, -0.1) is 10.5 Å². The number of benzene rings is 3. The normalized spacial score (nSPS) is 10.6. The maximum absolute atomic E-state index is 9.22. The molecule has 0 atom stereocenters. The molecule has 0 saturated carbocycles. The summed E-state index contributed by atoms with van der Waals surface area (Å²) in [6, 6.07) is 21.8. The first-order valence-electron chi connectivity index (χ1n) is 8.91. The standard InChI is InChI=1S/C24H20N2O2/c1-24(2,3)22-21(27-15-25)14-13-20(23(22)28-16-26)19-11-9-18(10-12-19)17-7-5-4-6-8-17/h4-14H,1-3H3. The lowest BCUT2D eigenvalue weighted by molar-refractivity contribution is 0.440. The molecule has 4 nitrogen and oxygen atoms in total. The fraction of sp³-hybridized carbons (Fsp3) is 0.167. The molecular weight excluding hydrogens is 348 g/mol. The number of rotatable bonds is 4. The first-order chi connectivity index (χ1) is 13.5. The van der Waals surface area contributed by atoms with E-state index >= 15 is 0 Å². The summed E-state index contributed by atoms with van der Waals surface area (Å²) in [5.41, 5.74) is 4.22. The Labute approximate surface area is 165 Å². The Morgan fingerprint density at radius 3 is 1.82 bits per heavy atom. The van der Waals surface area contributed by atoms with E-state index in [0.717, 1.165) is 22.3 Å². The van der Waals surface area contributed by atoms with Crippen molar-refractivity contribution in [2.24, 2.45) is 0 Å². The van der Waals surface area contributed by atoms with Gasteiger partial charge in [0, 0.05) is 11.1 Å². The minimum absolute atomic E-state index is 0.391. The summed E-state index contributed by atoms with van der Waals surface area (Å²) in [5, 5.41) is 18.2. The first-order valence-corrected chi connectivity index (χ1v) is 8.91. The van der Waals surface area contributed by atoms with Crippen LogP contribution in [0.3, 0.4) is 0 Å². The zero-order chi connectivity index (χ0) is 20.1. The van der Waals surface area contributed by atoms with Crippen LogP contribution in [0.2, 0.25) is 0 Å². The van der Waals surface area contributed by atoms with Gasteiger partial charge in [-0.25, -0.2) is 0 Å². The Morgan fingerprint density at radius 1 is 0.679 bits per heavy atom.